The Morgan fingerprint density at radius 3 is 2.55 bits per heavy atom. The lowest BCUT2D eigenvalue weighted by Crippen LogP contribution is -2.36. The van der Waals surface area contributed by atoms with E-state index in [1.54, 1.807) is 0 Å². The molecule has 0 aliphatic carbocycles. The van der Waals surface area contributed by atoms with E-state index < -0.39 is 0 Å². The number of carbonyl (C=O) groups excluding carboxylic acids is 2. The summed E-state index contributed by atoms with van der Waals surface area (Å²) in [6, 6.07) is 8.12. The number of anilines is 1. The zero-order chi connectivity index (χ0) is 20.8. The fourth-order valence-corrected chi connectivity index (χ4v) is 5.07. The summed E-state index contributed by atoms with van der Waals surface area (Å²) in [5, 5.41) is 22.3. The second kappa shape index (κ2) is 9.99. The monoisotopic (exact) mass is 448 g/mol. The molecule has 1 aromatic carbocycles. The Morgan fingerprint density at radius 1 is 1.17 bits per heavy atom. The van der Waals surface area contributed by atoms with Crippen molar-refractivity contribution in [1.82, 2.24) is 15.5 Å². The minimum Gasteiger partial charge on any atom is -0.303 e. The number of amides is 2. The van der Waals surface area contributed by atoms with Crippen molar-refractivity contribution < 1.29 is 9.59 Å². The molecule has 2 amide bonds. The second-order valence-corrected chi connectivity index (χ2v) is 9.56. The van der Waals surface area contributed by atoms with Gasteiger partial charge in [-0.1, -0.05) is 71.6 Å². The first-order valence-electron chi connectivity index (χ1n) is 8.87. The van der Waals surface area contributed by atoms with Gasteiger partial charge in [-0.15, -0.1) is 15.3 Å². The fourth-order valence-electron chi connectivity index (χ4n) is 2.34. The highest BCUT2D eigenvalue weighted by molar-refractivity contribution is 8.14. The highest BCUT2D eigenvalue weighted by Gasteiger charge is 2.23. The average Bonchev–Trinajstić information content (AvgIpc) is 3.13. The van der Waals surface area contributed by atoms with Crippen LogP contribution in [-0.2, 0) is 9.59 Å². The van der Waals surface area contributed by atoms with Gasteiger partial charge in [0.25, 0.3) is 0 Å². The number of hydrogen-bond donors (Lipinski definition) is 2. The second-order valence-electron chi connectivity index (χ2n) is 6.16. The predicted molar refractivity (Wildman–Crippen MR) is 120 cm³/mol. The summed E-state index contributed by atoms with van der Waals surface area (Å²) < 4.78 is 0.619. The number of aryl methyl sites for hydroxylation is 1. The van der Waals surface area contributed by atoms with Crippen molar-refractivity contribution in [1.29, 1.82) is 0 Å². The Balaban J connectivity index is 1.60. The van der Waals surface area contributed by atoms with Crippen LogP contribution >= 0.6 is 34.9 Å². The SMILES string of the molecule is CCC(Sc1nnc(NC(C)=O)s1)C(=O)NC1=NN=C(c2ccc(C)cc2)CS1. The molecule has 0 spiro atoms. The summed E-state index contributed by atoms with van der Waals surface area (Å²) in [7, 11) is 0. The molecule has 0 saturated heterocycles. The van der Waals surface area contributed by atoms with Gasteiger partial charge in [0.2, 0.25) is 16.9 Å². The van der Waals surface area contributed by atoms with Crippen LogP contribution < -0.4 is 10.6 Å². The lowest BCUT2D eigenvalue weighted by molar-refractivity contribution is -0.119. The highest BCUT2D eigenvalue weighted by atomic mass is 32.2. The number of amidine groups is 1. The molecule has 152 valence electrons. The molecule has 2 aromatic rings. The summed E-state index contributed by atoms with van der Waals surface area (Å²) in [6.45, 7) is 5.37. The number of nitrogens with one attached hydrogen (secondary N) is 2. The summed E-state index contributed by atoms with van der Waals surface area (Å²) in [4.78, 5) is 23.7. The van der Waals surface area contributed by atoms with Gasteiger partial charge < -0.3 is 10.6 Å². The first-order valence-corrected chi connectivity index (χ1v) is 11.6. The molecule has 29 heavy (non-hydrogen) atoms. The third-order valence-corrected chi connectivity index (χ3v) is 6.98. The van der Waals surface area contributed by atoms with E-state index >= 15 is 0 Å². The number of carbonyl (C=O) groups is 2. The third kappa shape index (κ3) is 6.12. The van der Waals surface area contributed by atoms with E-state index in [2.05, 4.69) is 31.0 Å². The molecule has 1 unspecified atom stereocenters. The van der Waals surface area contributed by atoms with E-state index in [1.165, 1.54) is 47.3 Å². The molecular weight excluding hydrogens is 428 g/mol. The van der Waals surface area contributed by atoms with Gasteiger partial charge in [-0.2, -0.15) is 5.10 Å². The Kier molecular flexibility index (Phi) is 7.40. The van der Waals surface area contributed by atoms with Crippen LogP contribution in [0, 0.1) is 6.92 Å². The summed E-state index contributed by atoms with van der Waals surface area (Å²) in [5.74, 6) is 0.275. The van der Waals surface area contributed by atoms with Gasteiger partial charge in [0.15, 0.2) is 9.51 Å². The maximum atomic E-state index is 12.6. The van der Waals surface area contributed by atoms with Crippen molar-refractivity contribution >= 4 is 62.7 Å². The number of hydrogen-bond acceptors (Lipinski definition) is 9. The number of rotatable bonds is 6. The maximum absolute atomic E-state index is 12.6. The maximum Gasteiger partial charge on any atom is 0.239 e. The van der Waals surface area contributed by atoms with Gasteiger partial charge in [0, 0.05) is 12.7 Å². The quantitative estimate of drug-likeness (QED) is 0.518. The van der Waals surface area contributed by atoms with Crippen molar-refractivity contribution in [3.8, 4) is 0 Å². The number of thioether (sulfide) groups is 2. The molecule has 0 bridgehead atoms. The predicted octanol–water partition coefficient (Wildman–Crippen LogP) is 3.30. The number of benzene rings is 1. The van der Waals surface area contributed by atoms with Crippen LogP contribution in [0.25, 0.3) is 0 Å². The summed E-state index contributed by atoms with van der Waals surface area (Å²) in [6.07, 6.45) is 0.612. The largest absolute Gasteiger partial charge is 0.303 e. The highest BCUT2D eigenvalue weighted by Crippen LogP contribution is 2.30. The van der Waals surface area contributed by atoms with Crippen LogP contribution in [0.1, 0.15) is 31.4 Å². The molecule has 1 aliphatic rings. The van der Waals surface area contributed by atoms with Crippen LogP contribution in [0.2, 0.25) is 0 Å². The van der Waals surface area contributed by atoms with Crippen molar-refractivity contribution in [3.63, 3.8) is 0 Å². The van der Waals surface area contributed by atoms with Gasteiger partial charge in [0.1, 0.15) is 0 Å². The normalized spacial score (nSPS) is 14.6. The van der Waals surface area contributed by atoms with Crippen LogP contribution in [-0.4, -0.2) is 43.9 Å². The minimum atomic E-state index is -0.348. The molecule has 1 aromatic heterocycles. The first-order chi connectivity index (χ1) is 13.9. The van der Waals surface area contributed by atoms with Crippen molar-refractivity contribution in [2.75, 3.05) is 11.1 Å². The minimum absolute atomic E-state index is 0.158. The Labute approximate surface area is 181 Å². The van der Waals surface area contributed by atoms with Crippen LogP contribution in [0.5, 0.6) is 0 Å². The van der Waals surface area contributed by atoms with E-state index in [-0.39, 0.29) is 17.1 Å². The zero-order valence-corrected chi connectivity index (χ0v) is 18.6. The molecule has 1 aliphatic heterocycles. The van der Waals surface area contributed by atoms with Crippen molar-refractivity contribution in [2.24, 2.45) is 10.2 Å². The van der Waals surface area contributed by atoms with Gasteiger partial charge in [-0.25, -0.2) is 0 Å². The van der Waals surface area contributed by atoms with E-state index in [9.17, 15) is 9.59 Å². The summed E-state index contributed by atoms with van der Waals surface area (Å²) in [5.41, 5.74) is 3.11. The van der Waals surface area contributed by atoms with Crippen LogP contribution in [0.4, 0.5) is 5.13 Å². The van der Waals surface area contributed by atoms with Crippen LogP contribution in [0.3, 0.4) is 0 Å². The van der Waals surface area contributed by atoms with Crippen molar-refractivity contribution in [3.05, 3.63) is 35.4 Å². The standard InChI is InChI=1S/C18H20N6O2S3/c1-4-14(28-18-24-23-17(29-18)19-11(3)25)15(26)20-16-22-21-13(9-27-16)12-7-5-10(2)6-8-12/h5-8,14H,4,9H2,1-3H3,(H,19,23,25)(H,20,22,26). The molecule has 3 rings (SSSR count). The third-order valence-electron chi connectivity index (χ3n) is 3.82. The molecule has 11 heteroatoms. The van der Waals surface area contributed by atoms with Gasteiger partial charge in [-0.3, -0.25) is 9.59 Å². The lowest BCUT2D eigenvalue weighted by atomic mass is 10.1. The van der Waals surface area contributed by atoms with Gasteiger partial charge >= 0.3 is 0 Å². The molecule has 0 fully saturated rings. The lowest BCUT2D eigenvalue weighted by Gasteiger charge is -2.16. The Bertz CT molecular complexity index is 955. The molecule has 0 saturated carbocycles. The number of aromatic nitrogens is 2. The van der Waals surface area contributed by atoms with Crippen LogP contribution in [0.15, 0.2) is 38.8 Å². The molecule has 8 nitrogen and oxygen atoms in total. The fraction of sp³-hybridized carbons (Fsp3) is 0.333. The molecule has 0 radical (unpaired) electrons. The molecule has 2 N–H and O–H groups in total. The smallest absolute Gasteiger partial charge is 0.239 e. The Morgan fingerprint density at radius 2 is 1.93 bits per heavy atom. The molecular formula is C18H20N6O2S3. The molecule has 1 atom stereocenters. The summed E-state index contributed by atoms with van der Waals surface area (Å²) >= 11 is 4.00. The average molecular weight is 449 g/mol. The first kappa shape index (κ1) is 21.5. The number of nitrogens with zero attached hydrogens (tertiary/aromatic N) is 4. The van der Waals surface area contributed by atoms with E-state index in [0.29, 0.717) is 26.8 Å². The zero-order valence-electron chi connectivity index (χ0n) is 16.1. The van der Waals surface area contributed by atoms with Gasteiger partial charge in [0.05, 0.1) is 11.0 Å². The van der Waals surface area contributed by atoms with Gasteiger partial charge in [-0.05, 0) is 18.9 Å². The van der Waals surface area contributed by atoms with Crippen molar-refractivity contribution in [2.45, 2.75) is 36.8 Å². The molecule has 2 heterocycles. The topological polar surface area (TPSA) is 109 Å². The Hall–Kier alpha value is -2.24. The van der Waals surface area contributed by atoms with E-state index in [1.807, 2.05) is 38.1 Å². The van der Waals surface area contributed by atoms with E-state index in [0.717, 1.165) is 11.3 Å². The van der Waals surface area contributed by atoms with E-state index in [4.69, 9.17) is 0 Å².